The summed E-state index contributed by atoms with van der Waals surface area (Å²) in [5.74, 6) is 2.18. The lowest BCUT2D eigenvalue weighted by molar-refractivity contribution is 0.684. The molecule has 0 amide bonds. The summed E-state index contributed by atoms with van der Waals surface area (Å²) in [6.07, 6.45) is 9.85. The number of hydrogen-bond donors (Lipinski definition) is 0. The third-order valence-electron chi connectivity index (χ3n) is 3.95. The zero-order valence-corrected chi connectivity index (χ0v) is 10.4. The minimum absolute atomic E-state index is 0.646. The first-order valence-electron chi connectivity index (χ1n) is 6.19. The van der Waals surface area contributed by atoms with Crippen LogP contribution in [0.2, 0.25) is 0 Å². The van der Waals surface area contributed by atoms with Gasteiger partial charge in [0.2, 0.25) is 0 Å². The van der Waals surface area contributed by atoms with Crippen LogP contribution in [0.3, 0.4) is 0 Å². The summed E-state index contributed by atoms with van der Waals surface area (Å²) in [4.78, 5) is 0. The molecule has 0 saturated heterocycles. The highest BCUT2D eigenvalue weighted by atomic mass is 14.3. The van der Waals surface area contributed by atoms with E-state index in [0.29, 0.717) is 5.92 Å². The maximum absolute atomic E-state index is 2.47. The Bertz CT molecular complexity index is 339. The van der Waals surface area contributed by atoms with E-state index in [2.05, 4.69) is 45.9 Å². The Labute approximate surface area is 93.8 Å². The SMILES string of the molecule is CC1=CC=C(C(C)C)C=C2C(C)CCC12. The number of hydrogen-bond acceptors (Lipinski definition) is 0. The maximum atomic E-state index is 2.47. The molecule has 1 saturated carbocycles. The molecule has 0 spiro atoms. The predicted octanol–water partition coefficient (Wildman–Crippen LogP) is 4.50. The highest BCUT2D eigenvalue weighted by molar-refractivity contribution is 5.40. The first kappa shape index (κ1) is 10.7. The van der Waals surface area contributed by atoms with Crippen LogP contribution in [0.1, 0.15) is 40.5 Å². The van der Waals surface area contributed by atoms with Crippen molar-refractivity contribution in [1.29, 1.82) is 0 Å². The Balaban J connectivity index is 2.40. The normalized spacial score (nSPS) is 30.6. The van der Waals surface area contributed by atoms with Gasteiger partial charge in [0.25, 0.3) is 0 Å². The van der Waals surface area contributed by atoms with E-state index >= 15 is 0 Å². The molecular weight excluding hydrogens is 180 g/mol. The van der Waals surface area contributed by atoms with E-state index in [1.807, 2.05) is 0 Å². The van der Waals surface area contributed by atoms with E-state index in [9.17, 15) is 0 Å². The Morgan fingerprint density at radius 2 is 1.93 bits per heavy atom. The van der Waals surface area contributed by atoms with Gasteiger partial charge in [-0.1, -0.05) is 50.1 Å². The van der Waals surface area contributed by atoms with Gasteiger partial charge in [0.15, 0.2) is 0 Å². The topological polar surface area (TPSA) is 0 Å². The number of allylic oxidation sites excluding steroid dienone is 6. The molecule has 0 aromatic carbocycles. The van der Waals surface area contributed by atoms with Crippen LogP contribution in [0.4, 0.5) is 0 Å². The van der Waals surface area contributed by atoms with Crippen LogP contribution < -0.4 is 0 Å². The summed E-state index contributed by atoms with van der Waals surface area (Å²) < 4.78 is 0. The zero-order chi connectivity index (χ0) is 11.0. The molecule has 0 N–H and O–H groups in total. The molecule has 0 aliphatic heterocycles. The molecule has 0 bridgehead atoms. The van der Waals surface area contributed by atoms with Crippen LogP contribution in [0.25, 0.3) is 0 Å². The Kier molecular flexibility index (Phi) is 2.86. The van der Waals surface area contributed by atoms with Gasteiger partial charge in [0, 0.05) is 5.92 Å². The second-order valence-electron chi connectivity index (χ2n) is 5.41. The molecule has 0 heteroatoms. The van der Waals surface area contributed by atoms with E-state index in [1.54, 1.807) is 11.1 Å². The minimum Gasteiger partial charge on any atom is -0.0661 e. The average molecular weight is 202 g/mol. The molecule has 0 aromatic heterocycles. The summed E-state index contributed by atoms with van der Waals surface area (Å²) in [6, 6.07) is 0. The van der Waals surface area contributed by atoms with Gasteiger partial charge in [-0.2, -0.15) is 0 Å². The van der Waals surface area contributed by atoms with Gasteiger partial charge >= 0.3 is 0 Å². The fourth-order valence-electron chi connectivity index (χ4n) is 2.77. The predicted molar refractivity (Wildman–Crippen MR) is 66.6 cm³/mol. The van der Waals surface area contributed by atoms with E-state index < -0.39 is 0 Å². The molecule has 0 nitrogen and oxygen atoms in total. The minimum atomic E-state index is 0.646. The standard InChI is InChI=1S/C15H22/c1-10(2)13-7-5-11(3)14-8-6-12(4)15(14)9-13/h5,7,9-10,12,14H,6,8H2,1-4H3. The van der Waals surface area contributed by atoms with Crippen molar-refractivity contribution in [2.45, 2.75) is 40.5 Å². The van der Waals surface area contributed by atoms with Crippen molar-refractivity contribution in [3.8, 4) is 0 Å². The van der Waals surface area contributed by atoms with Crippen LogP contribution in [0.15, 0.2) is 34.9 Å². The zero-order valence-electron chi connectivity index (χ0n) is 10.4. The summed E-state index contributed by atoms with van der Waals surface area (Å²) in [6.45, 7) is 9.23. The lowest BCUT2D eigenvalue weighted by Crippen LogP contribution is -2.01. The summed E-state index contributed by atoms with van der Waals surface area (Å²) in [7, 11) is 0. The molecule has 15 heavy (non-hydrogen) atoms. The molecule has 2 unspecified atom stereocenters. The number of fused-ring (bicyclic) bond motifs is 1. The van der Waals surface area contributed by atoms with Gasteiger partial charge in [-0.3, -0.25) is 0 Å². The van der Waals surface area contributed by atoms with Crippen LogP contribution in [0.5, 0.6) is 0 Å². The Morgan fingerprint density at radius 3 is 2.60 bits per heavy atom. The summed E-state index contributed by atoms with van der Waals surface area (Å²) >= 11 is 0. The van der Waals surface area contributed by atoms with Crippen LogP contribution >= 0.6 is 0 Å². The quantitative estimate of drug-likeness (QED) is 0.587. The Morgan fingerprint density at radius 1 is 1.20 bits per heavy atom. The van der Waals surface area contributed by atoms with E-state index in [0.717, 1.165) is 11.8 Å². The van der Waals surface area contributed by atoms with Gasteiger partial charge in [-0.15, -0.1) is 0 Å². The molecule has 1 fully saturated rings. The van der Waals surface area contributed by atoms with Crippen molar-refractivity contribution in [3.63, 3.8) is 0 Å². The van der Waals surface area contributed by atoms with Crippen LogP contribution in [-0.2, 0) is 0 Å². The average Bonchev–Trinajstić information content (AvgIpc) is 2.43. The van der Waals surface area contributed by atoms with Gasteiger partial charge in [-0.05, 0) is 37.2 Å². The lowest BCUT2D eigenvalue weighted by Gasteiger charge is -2.14. The van der Waals surface area contributed by atoms with Crippen molar-refractivity contribution in [1.82, 2.24) is 0 Å². The molecular formula is C15H22. The smallest absolute Gasteiger partial charge is 0.00134 e. The molecule has 82 valence electrons. The van der Waals surface area contributed by atoms with Gasteiger partial charge < -0.3 is 0 Å². The first-order valence-corrected chi connectivity index (χ1v) is 6.19. The summed E-state index contributed by atoms with van der Waals surface area (Å²) in [5, 5.41) is 0. The highest BCUT2D eigenvalue weighted by Crippen LogP contribution is 2.42. The lowest BCUT2D eigenvalue weighted by atomic mass is 9.91. The van der Waals surface area contributed by atoms with Crippen molar-refractivity contribution in [2.24, 2.45) is 17.8 Å². The van der Waals surface area contributed by atoms with E-state index in [-0.39, 0.29) is 0 Å². The van der Waals surface area contributed by atoms with Crippen molar-refractivity contribution in [3.05, 3.63) is 34.9 Å². The summed E-state index contributed by atoms with van der Waals surface area (Å²) in [5.41, 5.74) is 4.74. The van der Waals surface area contributed by atoms with Gasteiger partial charge in [0.1, 0.15) is 0 Å². The third kappa shape index (κ3) is 1.95. The van der Waals surface area contributed by atoms with Gasteiger partial charge in [0.05, 0.1) is 0 Å². The van der Waals surface area contributed by atoms with Crippen LogP contribution in [0, 0.1) is 17.8 Å². The second-order valence-corrected chi connectivity index (χ2v) is 5.41. The molecule has 2 aliphatic rings. The fraction of sp³-hybridized carbons (Fsp3) is 0.600. The second kappa shape index (κ2) is 4.00. The molecule has 2 atom stereocenters. The molecule has 0 aromatic rings. The van der Waals surface area contributed by atoms with E-state index in [4.69, 9.17) is 0 Å². The third-order valence-corrected chi connectivity index (χ3v) is 3.95. The fourth-order valence-corrected chi connectivity index (χ4v) is 2.77. The maximum Gasteiger partial charge on any atom is 0.00134 e. The van der Waals surface area contributed by atoms with Crippen molar-refractivity contribution < 1.29 is 0 Å². The molecule has 2 aliphatic carbocycles. The Hall–Kier alpha value is -0.780. The monoisotopic (exact) mass is 202 g/mol. The van der Waals surface area contributed by atoms with Crippen molar-refractivity contribution >= 4 is 0 Å². The van der Waals surface area contributed by atoms with E-state index in [1.165, 1.54) is 18.4 Å². The van der Waals surface area contributed by atoms with Gasteiger partial charge in [-0.25, -0.2) is 0 Å². The highest BCUT2D eigenvalue weighted by Gasteiger charge is 2.29. The number of rotatable bonds is 1. The molecule has 0 radical (unpaired) electrons. The molecule has 2 rings (SSSR count). The van der Waals surface area contributed by atoms with Crippen molar-refractivity contribution in [2.75, 3.05) is 0 Å². The first-order chi connectivity index (χ1) is 7.09. The molecule has 0 heterocycles. The largest absolute Gasteiger partial charge is 0.0661 e. The van der Waals surface area contributed by atoms with Crippen LogP contribution in [-0.4, -0.2) is 0 Å².